The van der Waals surface area contributed by atoms with Gasteiger partial charge in [-0.15, -0.1) is 0 Å². The van der Waals surface area contributed by atoms with Gasteiger partial charge >= 0.3 is 0 Å². The Balaban J connectivity index is 2.84. The van der Waals surface area contributed by atoms with Crippen LogP contribution in [0.3, 0.4) is 0 Å². The molecule has 0 unspecified atom stereocenters. The number of halogens is 1. The van der Waals surface area contributed by atoms with E-state index in [1.807, 2.05) is 13.8 Å². The summed E-state index contributed by atoms with van der Waals surface area (Å²) in [5.74, 6) is 0.361. The van der Waals surface area contributed by atoms with Crippen molar-refractivity contribution in [3.63, 3.8) is 0 Å². The van der Waals surface area contributed by atoms with E-state index in [1.54, 1.807) is 18.2 Å². The summed E-state index contributed by atoms with van der Waals surface area (Å²) >= 11 is 5.89. The molecule has 0 aliphatic heterocycles. The molecule has 0 bridgehead atoms. The molecule has 1 aromatic rings. The second kappa shape index (κ2) is 6.61. The summed E-state index contributed by atoms with van der Waals surface area (Å²) in [4.78, 5) is 12.0. The monoisotopic (exact) mass is 271 g/mol. The minimum atomic E-state index is -0.265. The van der Waals surface area contributed by atoms with Crippen LogP contribution in [0.4, 0.5) is 0 Å². The Morgan fingerprint density at radius 2 is 2.17 bits per heavy atom. The van der Waals surface area contributed by atoms with E-state index in [-0.39, 0.29) is 24.5 Å². The second-order valence-electron chi connectivity index (χ2n) is 4.36. The third kappa shape index (κ3) is 3.62. The number of methoxy groups -OCH3 is 1. The van der Waals surface area contributed by atoms with E-state index in [4.69, 9.17) is 16.3 Å². The Morgan fingerprint density at radius 1 is 1.50 bits per heavy atom. The van der Waals surface area contributed by atoms with Gasteiger partial charge in [-0.2, -0.15) is 0 Å². The van der Waals surface area contributed by atoms with Gasteiger partial charge in [-0.05, 0) is 24.1 Å². The van der Waals surface area contributed by atoms with Gasteiger partial charge in [-0.3, -0.25) is 4.79 Å². The Morgan fingerprint density at radius 3 is 2.67 bits per heavy atom. The molecule has 4 nitrogen and oxygen atoms in total. The number of aliphatic hydroxyl groups excluding tert-OH is 1. The van der Waals surface area contributed by atoms with Gasteiger partial charge in [0, 0.05) is 5.56 Å². The zero-order valence-corrected chi connectivity index (χ0v) is 11.5. The molecule has 1 aromatic carbocycles. The molecular formula is C13H18ClNO3. The van der Waals surface area contributed by atoms with Gasteiger partial charge in [0.25, 0.3) is 5.91 Å². The summed E-state index contributed by atoms with van der Waals surface area (Å²) in [7, 11) is 1.49. The van der Waals surface area contributed by atoms with Crippen LogP contribution in [0.1, 0.15) is 24.2 Å². The van der Waals surface area contributed by atoms with Crippen molar-refractivity contribution in [3.05, 3.63) is 28.8 Å². The molecule has 18 heavy (non-hydrogen) atoms. The van der Waals surface area contributed by atoms with Crippen molar-refractivity contribution >= 4 is 17.5 Å². The van der Waals surface area contributed by atoms with Crippen LogP contribution in [-0.4, -0.2) is 30.8 Å². The molecule has 0 spiro atoms. The highest BCUT2D eigenvalue weighted by atomic mass is 35.5. The van der Waals surface area contributed by atoms with Gasteiger partial charge in [0.2, 0.25) is 0 Å². The van der Waals surface area contributed by atoms with Gasteiger partial charge in [0.05, 0.1) is 24.8 Å². The average molecular weight is 272 g/mol. The Bertz CT molecular complexity index is 421. The number of nitrogens with one attached hydrogen (secondary N) is 1. The molecule has 0 saturated carbocycles. The number of carbonyl (C=O) groups is 1. The standard InChI is InChI=1S/C13H18ClNO3/c1-8(2)11(7-16)15-13(17)9-4-5-10(14)12(6-9)18-3/h4-6,8,11,16H,7H2,1-3H3,(H,15,17)/t11-/m1/s1. The molecule has 0 radical (unpaired) electrons. The molecule has 1 amide bonds. The lowest BCUT2D eigenvalue weighted by atomic mass is 10.0. The van der Waals surface area contributed by atoms with Crippen LogP contribution in [0.2, 0.25) is 5.02 Å². The molecule has 5 heteroatoms. The fourth-order valence-corrected chi connectivity index (χ4v) is 1.67. The van der Waals surface area contributed by atoms with Crippen molar-refractivity contribution in [1.82, 2.24) is 5.32 Å². The van der Waals surface area contributed by atoms with E-state index < -0.39 is 0 Å². The number of ether oxygens (including phenoxy) is 1. The first-order valence-corrected chi connectivity index (χ1v) is 6.12. The highest BCUT2D eigenvalue weighted by molar-refractivity contribution is 6.32. The van der Waals surface area contributed by atoms with Gasteiger partial charge in [0.1, 0.15) is 5.75 Å². The number of hydrogen-bond acceptors (Lipinski definition) is 3. The largest absolute Gasteiger partial charge is 0.495 e. The highest BCUT2D eigenvalue weighted by Gasteiger charge is 2.17. The topological polar surface area (TPSA) is 58.6 Å². The van der Waals surface area contributed by atoms with Crippen LogP contribution in [0.25, 0.3) is 0 Å². The third-order valence-electron chi connectivity index (χ3n) is 2.73. The molecule has 100 valence electrons. The third-order valence-corrected chi connectivity index (χ3v) is 3.04. The van der Waals surface area contributed by atoms with Crippen molar-refractivity contribution in [2.24, 2.45) is 5.92 Å². The van der Waals surface area contributed by atoms with Crippen LogP contribution in [0, 0.1) is 5.92 Å². The molecule has 0 aliphatic rings. The molecule has 1 atom stereocenters. The summed E-state index contributed by atoms with van der Waals surface area (Å²) in [6.07, 6.45) is 0. The van der Waals surface area contributed by atoms with Gasteiger partial charge in [-0.25, -0.2) is 0 Å². The lowest BCUT2D eigenvalue weighted by Gasteiger charge is -2.20. The maximum absolute atomic E-state index is 12.0. The first-order chi connectivity index (χ1) is 8.49. The maximum Gasteiger partial charge on any atom is 0.251 e. The van der Waals surface area contributed by atoms with Gasteiger partial charge in [0.15, 0.2) is 0 Å². The number of amides is 1. The molecule has 0 saturated heterocycles. The summed E-state index contributed by atoms with van der Waals surface area (Å²) in [6.45, 7) is 3.78. The number of aliphatic hydroxyl groups is 1. The Hall–Kier alpha value is -1.26. The van der Waals surface area contributed by atoms with E-state index in [9.17, 15) is 9.90 Å². The SMILES string of the molecule is COc1cc(C(=O)N[C@H](CO)C(C)C)ccc1Cl. The minimum Gasteiger partial charge on any atom is -0.495 e. The van der Waals surface area contributed by atoms with Crippen molar-refractivity contribution in [2.45, 2.75) is 19.9 Å². The molecule has 0 fully saturated rings. The molecule has 0 aromatic heterocycles. The van der Waals surface area contributed by atoms with E-state index >= 15 is 0 Å². The number of carbonyl (C=O) groups excluding carboxylic acids is 1. The van der Waals surface area contributed by atoms with Crippen molar-refractivity contribution in [2.75, 3.05) is 13.7 Å². The fraction of sp³-hybridized carbons (Fsp3) is 0.462. The molecule has 0 heterocycles. The number of benzene rings is 1. The average Bonchev–Trinajstić information content (AvgIpc) is 2.35. The lowest BCUT2D eigenvalue weighted by molar-refractivity contribution is 0.0896. The quantitative estimate of drug-likeness (QED) is 0.862. The molecule has 0 aliphatic carbocycles. The fourth-order valence-electron chi connectivity index (χ4n) is 1.48. The lowest BCUT2D eigenvalue weighted by Crippen LogP contribution is -2.41. The summed E-state index contributed by atoms with van der Waals surface area (Å²) in [6, 6.07) is 4.54. The Labute approximate surface area is 112 Å². The summed E-state index contributed by atoms with van der Waals surface area (Å²) in [5, 5.41) is 12.4. The van der Waals surface area contributed by atoms with Crippen LogP contribution >= 0.6 is 11.6 Å². The highest BCUT2D eigenvalue weighted by Crippen LogP contribution is 2.25. The van der Waals surface area contributed by atoms with Gasteiger partial charge < -0.3 is 15.2 Å². The Kier molecular flexibility index (Phi) is 5.44. The molecule has 1 rings (SSSR count). The first-order valence-electron chi connectivity index (χ1n) is 5.74. The summed E-state index contributed by atoms with van der Waals surface area (Å²) < 4.78 is 5.05. The molecular weight excluding hydrogens is 254 g/mol. The second-order valence-corrected chi connectivity index (χ2v) is 4.76. The van der Waals surface area contributed by atoms with E-state index in [2.05, 4.69) is 5.32 Å². The van der Waals surface area contributed by atoms with Crippen LogP contribution in [0.5, 0.6) is 5.75 Å². The van der Waals surface area contributed by atoms with Crippen LogP contribution < -0.4 is 10.1 Å². The minimum absolute atomic E-state index is 0.0892. The molecule has 2 N–H and O–H groups in total. The first kappa shape index (κ1) is 14.8. The van der Waals surface area contributed by atoms with E-state index in [1.165, 1.54) is 7.11 Å². The number of rotatable bonds is 5. The predicted octanol–water partition coefficient (Wildman–Crippen LogP) is 2.10. The van der Waals surface area contributed by atoms with E-state index in [0.29, 0.717) is 16.3 Å². The smallest absolute Gasteiger partial charge is 0.251 e. The van der Waals surface area contributed by atoms with Crippen LogP contribution in [-0.2, 0) is 0 Å². The van der Waals surface area contributed by atoms with Crippen molar-refractivity contribution < 1.29 is 14.6 Å². The zero-order valence-electron chi connectivity index (χ0n) is 10.7. The van der Waals surface area contributed by atoms with E-state index in [0.717, 1.165) is 0 Å². The van der Waals surface area contributed by atoms with Crippen molar-refractivity contribution in [3.8, 4) is 5.75 Å². The maximum atomic E-state index is 12.0. The number of hydrogen-bond donors (Lipinski definition) is 2. The normalized spacial score (nSPS) is 12.3. The predicted molar refractivity (Wildman–Crippen MR) is 71.2 cm³/mol. The van der Waals surface area contributed by atoms with Crippen LogP contribution in [0.15, 0.2) is 18.2 Å². The summed E-state index contributed by atoms with van der Waals surface area (Å²) in [5.41, 5.74) is 0.454. The zero-order chi connectivity index (χ0) is 13.7. The van der Waals surface area contributed by atoms with Gasteiger partial charge in [-0.1, -0.05) is 25.4 Å². The van der Waals surface area contributed by atoms with Crippen molar-refractivity contribution in [1.29, 1.82) is 0 Å².